The maximum Gasteiger partial charge on any atom is 0.459 e. The molecule has 12 bridgehead atoms. The minimum atomic E-state index is -4.35. The highest BCUT2D eigenvalue weighted by atomic mass is 31.2. The van der Waals surface area contributed by atoms with Crippen LogP contribution in [-0.4, -0.2) is 166 Å². The lowest BCUT2D eigenvalue weighted by molar-refractivity contribution is -0.146. The number of fused-ring (bicyclic) bond motifs is 8. The van der Waals surface area contributed by atoms with Crippen LogP contribution >= 0.6 is 15.5 Å². The fourth-order valence-corrected chi connectivity index (χ4v) is 14.6. The van der Waals surface area contributed by atoms with Gasteiger partial charge in [-0.3, -0.25) is 27.8 Å². The van der Waals surface area contributed by atoms with E-state index in [1.165, 1.54) is 49.5 Å². The summed E-state index contributed by atoms with van der Waals surface area (Å²) in [6.07, 6.45) is 3.07. The Balaban J connectivity index is 0.000000193. The molecular formula is C63H80N12O18P2. The first-order chi connectivity index (χ1) is 45.6. The van der Waals surface area contributed by atoms with E-state index in [9.17, 15) is 39.1 Å². The third kappa shape index (κ3) is 15.6. The third-order valence-electron chi connectivity index (χ3n) is 16.7. The largest absolute Gasteiger partial charge is 0.476 e. The molecule has 0 saturated carbocycles. The van der Waals surface area contributed by atoms with E-state index in [0.29, 0.717) is 53.5 Å². The topological polar surface area (TPSA) is 391 Å². The number of nitrogens with two attached hydrogens (primary N) is 1. The van der Waals surface area contributed by atoms with Gasteiger partial charge < -0.3 is 68.9 Å². The van der Waals surface area contributed by atoms with Gasteiger partial charge in [0.2, 0.25) is 23.7 Å². The standard InChI is InChI=1S/C32H41N6O9P.C31H39N6O9P/c1-20-29(40)44-17-10-6-4-5-9-16-43-28-25-27(35-31(33-3)36-28)38(19-34-25)30-32(2,41)26(39)24(46-30)18-45-48(42,37-20)47-23-15-11-13-21-12-7-8-14-22(21)23;1-19-28(39)43-16-9-5-3-4-8-15-42-27-24-26(34-30(32)35-27)37(18-33-24)29-31(2,40)25(38)23(45-29)17-44-47(41,36-19)46-22-14-10-12-20-11-6-7-13-21(20)22/h7-8,11-15,19-20,24,26,30,39,41H,4-6,9-10,16-18H2,1-3H3,(H,37,42)(H,33,35,36);6-7,10-14,18-19,23,25,29,38,40H,3-5,8-9,15-17H2,1-2H3,(H,36,41)(H2,32,34,35)/t20-,24?,26+,30?,32+,48?;19-,23?,25+,29?,31+,47?/m00/s1. The number of hydrogen-bond donors (Lipinski definition) is 8. The van der Waals surface area contributed by atoms with Crippen molar-refractivity contribution in [2.75, 3.05) is 57.7 Å². The molecule has 0 radical (unpaired) electrons. The second-order valence-electron chi connectivity index (χ2n) is 24.0. The maximum atomic E-state index is 14.4. The third-order valence-corrected chi connectivity index (χ3v) is 20.0. The fourth-order valence-electron chi connectivity index (χ4n) is 11.5. The molecule has 4 aliphatic heterocycles. The molecule has 0 amide bonds. The Morgan fingerprint density at radius 2 is 0.968 bits per heavy atom. The van der Waals surface area contributed by atoms with Crippen LogP contribution in [0.25, 0.3) is 43.9 Å². The van der Waals surface area contributed by atoms with Gasteiger partial charge >= 0.3 is 27.4 Å². The number of imidazole rings is 2. The summed E-state index contributed by atoms with van der Waals surface area (Å²) in [6, 6.07) is 23.1. The van der Waals surface area contributed by atoms with Crippen LogP contribution in [0, 0.1) is 0 Å². The summed E-state index contributed by atoms with van der Waals surface area (Å²) in [4.78, 5) is 52.1. The highest BCUT2D eigenvalue weighted by molar-refractivity contribution is 7.52. The lowest BCUT2D eigenvalue weighted by Gasteiger charge is -2.27. The van der Waals surface area contributed by atoms with Crippen LogP contribution in [0.2, 0.25) is 0 Å². The molecule has 9 N–H and O–H groups in total. The smallest absolute Gasteiger partial charge is 0.459 e. The molecule has 8 aromatic rings. The van der Waals surface area contributed by atoms with E-state index >= 15 is 0 Å². The van der Waals surface area contributed by atoms with Crippen LogP contribution < -0.4 is 39.7 Å². The van der Waals surface area contributed by atoms with Crippen molar-refractivity contribution in [3.8, 4) is 23.3 Å². The van der Waals surface area contributed by atoms with Crippen molar-refractivity contribution in [1.82, 2.24) is 49.2 Å². The van der Waals surface area contributed by atoms with Gasteiger partial charge in [-0.2, -0.15) is 30.1 Å². The van der Waals surface area contributed by atoms with Crippen molar-refractivity contribution < 1.29 is 85.7 Å². The molecule has 2 saturated heterocycles. The number of hydrogen-bond acceptors (Lipinski definition) is 26. The summed E-state index contributed by atoms with van der Waals surface area (Å²) in [5, 5.41) is 56.8. The van der Waals surface area contributed by atoms with E-state index in [2.05, 4.69) is 45.4 Å². The molecular weight excluding hydrogens is 1270 g/mol. The predicted octanol–water partition coefficient (Wildman–Crippen LogP) is 7.74. The van der Waals surface area contributed by atoms with Crippen molar-refractivity contribution in [3.63, 3.8) is 0 Å². The van der Waals surface area contributed by atoms with Crippen LogP contribution in [0.5, 0.6) is 23.3 Å². The summed E-state index contributed by atoms with van der Waals surface area (Å²) in [5.41, 5.74) is 3.46. The van der Waals surface area contributed by atoms with E-state index in [-0.39, 0.29) is 54.0 Å². The molecule has 4 aliphatic rings. The Bertz CT molecular complexity index is 4090. The summed E-state index contributed by atoms with van der Waals surface area (Å²) in [6.45, 7) is 5.98. The van der Waals surface area contributed by atoms with Gasteiger partial charge in [-0.05, 0) is 76.3 Å². The molecule has 30 nitrogen and oxygen atoms in total. The molecule has 4 aromatic heterocycles. The minimum Gasteiger partial charge on any atom is -0.476 e. The number of benzene rings is 4. The molecule has 510 valence electrons. The molecule has 0 aliphatic carbocycles. The Kier molecular flexibility index (Phi) is 21.5. The molecule has 12 atom stereocenters. The number of aliphatic hydroxyl groups is 4. The number of nitrogens with one attached hydrogen (secondary N) is 3. The van der Waals surface area contributed by atoms with Crippen molar-refractivity contribution in [3.05, 3.63) is 97.6 Å². The van der Waals surface area contributed by atoms with Crippen molar-refractivity contribution in [1.29, 1.82) is 0 Å². The van der Waals surface area contributed by atoms with E-state index < -0.39 is 101 Å². The fraction of sp³-hybridized carbons (Fsp3) is 0.492. The minimum absolute atomic E-state index is 0.0666. The van der Waals surface area contributed by atoms with Gasteiger partial charge in [0.1, 0.15) is 59.2 Å². The number of esters is 2. The second-order valence-corrected chi connectivity index (χ2v) is 27.4. The highest BCUT2D eigenvalue weighted by Gasteiger charge is 2.56. The van der Waals surface area contributed by atoms with Gasteiger partial charge in [0, 0.05) is 17.8 Å². The van der Waals surface area contributed by atoms with Crippen molar-refractivity contribution in [2.45, 2.75) is 152 Å². The van der Waals surface area contributed by atoms with E-state index in [4.69, 9.17) is 52.2 Å². The molecule has 2 fully saturated rings. The van der Waals surface area contributed by atoms with Crippen LogP contribution in [0.4, 0.5) is 11.9 Å². The average Bonchev–Trinajstić information content (AvgIpc) is 1.60. The number of aliphatic hydroxyl groups excluding tert-OH is 2. The van der Waals surface area contributed by atoms with Gasteiger partial charge in [-0.1, -0.05) is 111 Å². The number of rotatable bonds is 5. The Morgan fingerprint density at radius 1 is 0.568 bits per heavy atom. The average molecular weight is 1360 g/mol. The van der Waals surface area contributed by atoms with Gasteiger partial charge in [0.25, 0.3) is 0 Å². The van der Waals surface area contributed by atoms with E-state index in [1.54, 1.807) is 37.4 Å². The van der Waals surface area contributed by atoms with Crippen LogP contribution in [-0.2, 0) is 46.7 Å². The van der Waals surface area contributed by atoms with Gasteiger partial charge in [-0.25, -0.2) is 19.1 Å². The molecule has 6 unspecified atom stereocenters. The SMILES string of the molecule is CNc1nc2c3ncn(c3n1)C1OC(COP(=O)(Oc3cccc4ccccc34)N[C@@H](C)C(=O)OCCCCCCCO2)[C@@H](O)[C@@]1(C)O.C[C@@H]1NP(=O)(Oc2cccc3ccccc23)OCC2OC(n3cnc4c(nc(N)nc43)OCCCCCCCOC1=O)[C@](C)(O)[C@@H]2O. The molecule has 8 heterocycles. The Hall–Kier alpha value is -7.70. The van der Waals surface area contributed by atoms with Crippen molar-refractivity contribution in [2.24, 2.45) is 0 Å². The van der Waals surface area contributed by atoms with E-state index in [0.717, 1.165) is 62.1 Å². The number of aromatic nitrogens is 8. The normalized spacial score (nSPS) is 29.7. The zero-order valence-electron chi connectivity index (χ0n) is 53.2. The summed E-state index contributed by atoms with van der Waals surface area (Å²) in [5.74, 6) is -0.0912. The Labute approximate surface area is 546 Å². The summed E-state index contributed by atoms with van der Waals surface area (Å²) in [7, 11) is -7.03. The molecule has 95 heavy (non-hydrogen) atoms. The molecule has 4 aromatic carbocycles. The van der Waals surface area contributed by atoms with Crippen LogP contribution in [0.15, 0.2) is 97.6 Å². The molecule has 0 spiro atoms. The second kappa shape index (κ2) is 29.7. The number of nitrogens with zero attached hydrogens (tertiary/aromatic N) is 8. The van der Waals surface area contributed by atoms with Gasteiger partial charge in [0.05, 0.1) is 52.3 Å². The quantitative estimate of drug-likeness (QED) is 0.0603. The number of carbonyl (C=O) groups excluding carboxylic acids is 2. The molecule has 12 rings (SSSR count). The van der Waals surface area contributed by atoms with Crippen molar-refractivity contribution >= 4 is 83.2 Å². The predicted molar refractivity (Wildman–Crippen MR) is 346 cm³/mol. The lowest BCUT2D eigenvalue weighted by atomic mass is 9.96. The monoisotopic (exact) mass is 1350 g/mol. The molecule has 32 heteroatoms. The summed E-state index contributed by atoms with van der Waals surface area (Å²) < 4.78 is 90.5. The number of cyclic esters (lactones) is 2. The first-order valence-corrected chi connectivity index (χ1v) is 34.8. The maximum absolute atomic E-state index is 14.4. The lowest BCUT2D eigenvalue weighted by Crippen LogP contribution is -2.44. The zero-order valence-corrected chi connectivity index (χ0v) is 55.0. The number of nitrogen functional groups attached to an aromatic ring is 1. The first kappa shape index (κ1) is 68.7. The zero-order chi connectivity index (χ0) is 67.1. The number of ether oxygens (including phenoxy) is 6. The van der Waals surface area contributed by atoms with Crippen LogP contribution in [0.3, 0.4) is 0 Å². The number of carbonyl (C=O) groups is 2. The van der Waals surface area contributed by atoms with Crippen LogP contribution in [0.1, 0.15) is 104 Å². The highest BCUT2D eigenvalue weighted by Crippen LogP contribution is 2.51. The van der Waals surface area contributed by atoms with Gasteiger partial charge in [-0.15, -0.1) is 0 Å². The number of anilines is 2. The summed E-state index contributed by atoms with van der Waals surface area (Å²) >= 11 is 0. The first-order valence-electron chi connectivity index (χ1n) is 31.7. The van der Waals surface area contributed by atoms with Gasteiger partial charge in [0.15, 0.2) is 34.8 Å². The van der Waals surface area contributed by atoms with E-state index in [1.807, 2.05) is 54.6 Å². The Morgan fingerprint density at radius 3 is 1.42 bits per heavy atom.